The van der Waals surface area contributed by atoms with Crippen molar-refractivity contribution in [3.8, 4) is 0 Å². The third kappa shape index (κ3) is 3.09. The Labute approximate surface area is 115 Å². The van der Waals surface area contributed by atoms with E-state index < -0.39 is 11.5 Å². The molecule has 1 aliphatic heterocycles. The SMILES string of the molecule is CNC(CN1CCCN(C)CC1C)(C(=O)O)C1CC1. The molecule has 0 amide bonds. The van der Waals surface area contributed by atoms with Gasteiger partial charge in [-0.1, -0.05) is 0 Å². The van der Waals surface area contributed by atoms with E-state index in [9.17, 15) is 9.90 Å². The second-order valence-electron chi connectivity index (χ2n) is 6.24. The van der Waals surface area contributed by atoms with Crippen LogP contribution in [0.2, 0.25) is 0 Å². The van der Waals surface area contributed by atoms with Gasteiger partial charge < -0.3 is 15.3 Å². The molecule has 0 aromatic carbocycles. The topological polar surface area (TPSA) is 55.8 Å². The molecule has 110 valence electrons. The summed E-state index contributed by atoms with van der Waals surface area (Å²) >= 11 is 0. The molecule has 2 unspecified atom stereocenters. The van der Waals surface area contributed by atoms with Gasteiger partial charge in [-0.3, -0.25) is 9.69 Å². The van der Waals surface area contributed by atoms with E-state index in [1.54, 1.807) is 7.05 Å². The van der Waals surface area contributed by atoms with E-state index in [2.05, 4.69) is 29.1 Å². The molecular weight excluding hydrogens is 242 g/mol. The number of aliphatic carboxylic acids is 1. The average molecular weight is 269 g/mol. The molecule has 1 aliphatic carbocycles. The van der Waals surface area contributed by atoms with Gasteiger partial charge in [-0.15, -0.1) is 0 Å². The summed E-state index contributed by atoms with van der Waals surface area (Å²) in [5.74, 6) is -0.398. The zero-order valence-electron chi connectivity index (χ0n) is 12.4. The van der Waals surface area contributed by atoms with Crippen molar-refractivity contribution in [3.63, 3.8) is 0 Å². The van der Waals surface area contributed by atoms with Crippen molar-refractivity contribution in [1.82, 2.24) is 15.1 Å². The van der Waals surface area contributed by atoms with Crippen molar-refractivity contribution in [2.24, 2.45) is 5.92 Å². The van der Waals surface area contributed by atoms with E-state index in [0.29, 0.717) is 18.5 Å². The quantitative estimate of drug-likeness (QED) is 0.760. The second-order valence-corrected chi connectivity index (χ2v) is 6.24. The summed E-state index contributed by atoms with van der Waals surface area (Å²) in [6.45, 7) is 5.94. The van der Waals surface area contributed by atoms with E-state index >= 15 is 0 Å². The minimum atomic E-state index is -0.753. The molecule has 1 saturated heterocycles. The van der Waals surface area contributed by atoms with Gasteiger partial charge in [0.05, 0.1) is 0 Å². The highest BCUT2D eigenvalue weighted by atomic mass is 16.4. The highest BCUT2D eigenvalue weighted by Gasteiger charge is 2.51. The molecule has 0 radical (unpaired) electrons. The highest BCUT2D eigenvalue weighted by Crippen LogP contribution is 2.40. The van der Waals surface area contributed by atoms with Crippen molar-refractivity contribution in [1.29, 1.82) is 0 Å². The van der Waals surface area contributed by atoms with Crippen LogP contribution in [0.4, 0.5) is 0 Å². The Bertz CT molecular complexity index is 333. The highest BCUT2D eigenvalue weighted by molar-refractivity contribution is 5.80. The molecule has 2 N–H and O–H groups in total. The Morgan fingerprint density at radius 2 is 2.11 bits per heavy atom. The van der Waals surface area contributed by atoms with Gasteiger partial charge in [0.2, 0.25) is 0 Å². The van der Waals surface area contributed by atoms with Gasteiger partial charge in [0.15, 0.2) is 0 Å². The molecule has 0 aromatic rings. The smallest absolute Gasteiger partial charge is 0.325 e. The lowest BCUT2D eigenvalue weighted by atomic mass is 9.92. The minimum Gasteiger partial charge on any atom is -0.480 e. The fraction of sp³-hybridized carbons (Fsp3) is 0.929. The minimum absolute atomic E-state index is 0.295. The molecule has 19 heavy (non-hydrogen) atoms. The largest absolute Gasteiger partial charge is 0.480 e. The fourth-order valence-electron chi connectivity index (χ4n) is 3.31. The lowest BCUT2D eigenvalue weighted by Gasteiger charge is -2.37. The predicted molar refractivity (Wildman–Crippen MR) is 75.3 cm³/mol. The summed E-state index contributed by atoms with van der Waals surface area (Å²) in [4.78, 5) is 16.5. The Hall–Kier alpha value is -0.650. The molecule has 5 nitrogen and oxygen atoms in total. The number of nitrogens with one attached hydrogen (secondary N) is 1. The van der Waals surface area contributed by atoms with Crippen LogP contribution in [0.5, 0.6) is 0 Å². The van der Waals surface area contributed by atoms with Crippen LogP contribution in [0, 0.1) is 5.92 Å². The fourth-order valence-corrected chi connectivity index (χ4v) is 3.31. The van der Waals surface area contributed by atoms with Crippen molar-refractivity contribution < 1.29 is 9.90 Å². The Kier molecular flexibility index (Phi) is 4.48. The Morgan fingerprint density at radius 3 is 2.63 bits per heavy atom. The van der Waals surface area contributed by atoms with Crippen molar-refractivity contribution in [2.45, 2.75) is 37.8 Å². The number of carboxylic acids is 1. The first-order chi connectivity index (χ1) is 8.99. The number of carbonyl (C=O) groups is 1. The summed E-state index contributed by atoms with van der Waals surface area (Å²) < 4.78 is 0. The molecule has 5 heteroatoms. The van der Waals surface area contributed by atoms with Crippen LogP contribution in [0.3, 0.4) is 0 Å². The first-order valence-electron chi connectivity index (χ1n) is 7.34. The van der Waals surface area contributed by atoms with Gasteiger partial charge in [-0.25, -0.2) is 0 Å². The van der Waals surface area contributed by atoms with Crippen LogP contribution >= 0.6 is 0 Å². The molecule has 1 heterocycles. The van der Waals surface area contributed by atoms with Crippen molar-refractivity contribution >= 4 is 5.97 Å². The predicted octanol–water partition coefficient (Wildman–Crippen LogP) is 0.465. The second kappa shape index (κ2) is 5.77. The Morgan fingerprint density at radius 1 is 1.42 bits per heavy atom. The van der Waals surface area contributed by atoms with E-state index in [0.717, 1.165) is 38.9 Å². The van der Waals surface area contributed by atoms with Gasteiger partial charge in [-0.05, 0) is 59.3 Å². The molecule has 2 atom stereocenters. The zero-order chi connectivity index (χ0) is 14.0. The summed E-state index contributed by atoms with van der Waals surface area (Å²) in [7, 11) is 3.93. The molecule has 0 bridgehead atoms. The van der Waals surface area contributed by atoms with Gasteiger partial charge in [0.1, 0.15) is 5.54 Å². The monoisotopic (exact) mass is 269 g/mol. The van der Waals surface area contributed by atoms with Crippen molar-refractivity contribution in [3.05, 3.63) is 0 Å². The van der Waals surface area contributed by atoms with Crippen LogP contribution in [-0.4, -0.2) is 72.7 Å². The maximum absolute atomic E-state index is 11.8. The third-order valence-electron chi connectivity index (χ3n) is 4.74. The van der Waals surface area contributed by atoms with Crippen LogP contribution in [-0.2, 0) is 4.79 Å². The standard InChI is InChI=1S/C14H27N3O2/c1-11-9-16(3)7-4-8-17(11)10-14(15-2,13(18)19)12-5-6-12/h11-12,15H,4-10H2,1-3H3,(H,18,19). The number of rotatable bonds is 5. The summed E-state index contributed by atoms with van der Waals surface area (Å²) in [5, 5.41) is 12.8. The van der Waals surface area contributed by atoms with E-state index in [4.69, 9.17) is 0 Å². The van der Waals surface area contributed by atoms with Gasteiger partial charge in [0.25, 0.3) is 0 Å². The summed E-state index contributed by atoms with van der Waals surface area (Å²) in [6, 6.07) is 0.415. The van der Waals surface area contributed by atoms with Gasteiger partial charge in [0, 0.05) is 19.1 Å². The van der Waals surface area contributed by atoms with E-state index in [1.807, 2.05) is 0 Å². The first kappa shape index (κ1) is 14.8. The summed E-state index contributed by atoms with van der Waals surface area (Å²) in [6.07, 6.45) is 3.19. The van der Waals surface area contributed by atoms with Crippen LogP contribution < -0.4 is 5.32 Å². The Balaban J connectivity index is 2.09. The third-order valence-corrected chi connectivity index (χ3v) is 4.74. The normalized spacial score (nSPS) is 29.7. The summed E-state index contributed by atoms with van der Waals surface area (Å²) in [5.41, 5.74) is -0.753. The molecule has 0 aromatic heterocycles. The van der Waals surface area contributed by atoms with Crippen molar-refractivity contribution in [2.75, 3.05) is 40.3 Å². The average Bonchev–Trinajstić information content (AvgIpc) is 3.16. The van der Waals surface area contributed by atoms with Crippen LogP contribution in [0.15, 0.2) is 0 Å². The number of hydrogen-bond donors (Lipinski definition) is 2. The molecule has 0 spiro atoms. The van der Waals surface area contributed by atoms with Gasteiger partial charge >= 0.3 is 5.97 Å². The number of likely N-dealkylation sites (N-methyl/N-ethyl adjacent to an activating group) is 2. The molecule has 2 fully saturated rings. The van der Waals surface area contributed by atoms with Gasteiger partial charge in [-0.2, -0.15) is 0 Å². The lowest BCUT2D eigenvalue weighted by molar-refractivity contribution is -0.147. The first-order valence-corrected chi connectivity index (χ1v) is 7.34. The lowest BCUT2D eigenvalue weighted by Crippen LogP contribution is -2.61. The van der Waals surface area contributed by atoms with E-state index in [-0.39, 0.29) is 0 Å². The number of carboxylic acid groups (broad SMARTS) is 1. The van der Waals surface area contributed by atoms with Crippen LogP contribution in [0.25, 0.3) is 0 Å². The molecular formula is C14H27N3O2. The van der Waals surface area contributed by atoms with E-state index in [1.165, 1.54) is 0 Å². The van der Waals surface area contributed by atoms with Crippen LogP contribution in [0.1, 0.15) is 26.2 Å². The number of nitrogens with zero attached hydrogens (tertiary/aromatic N) is 2. The molecule has 2 rings (SSSR count). The maximum atomic E-state index is 11.8. The molecule has 2 aliphatic rings. The number of hydrogen-bond acceptors (Lipinski definition) is 4. The molecule has 1 saturated carbocycles. The maximum Gasteiger partial charge on any atom is 0.325 e. The zero-order valence-corrected chi connectivity index (χ0v) is 12.4.